The predicted octanol–water partition coefficient (Wildman–Crippen LogP) is 2.56. The van der Waals surface area contributed by atoms with E-state index in [9.17, 15) is 4.79 Å². The van der Waals surface area contributed by atoms with Gasteiger partial charge < -0.3 is 10.4 Å². The SMILES string of the molecule is CC1CCCCCC1Nc1ccc(C(=O)O)nn1. The van der Waals surface area contributed by atoms with Gasteiger partial charge in [0.05, 0.1) is 0 Å². The summed E-state index contributed by atoms with van der Waals surface area (Å²) in [5, 5.41) is 19.7. The second kappa shape index (κ2) is 5.80. The summed E-state index contributed by atoms with van der Waals surface area (Å²) < 4.78 is 0. The topological polar surface area (TPSA) is 75.1 Å². The lowest BCUT2D eigenvalue weighted by Crippen LogP contribution is -2.26. The first kappa shape index (κ1) is 12.8. The number of carbonyl (C=O) groups is 1. The number of aromatic nitrogens is 2. The number of carboxylic acids is 1. The standard InChI is InChI=1S/C13H19N3O2/c1-9-5-3-2-4-6-10(9)14-12-8-7-11(13(17)18)15-16-12/h7-10H,2-6H2,1H3,(H,14,16)(H,17,18). The van der Waals surface area contributed by atoms with Crippen molar-refractivity contribution in [2.24, 2.45) is 5.92 Å². The van der Waals surface area contributed by atoms with Crippen molar-refractivity contribution < 1.29 is 9.90 Å². The molecule has 18 heavy (non-hydrogen) atoms. The molecule has 0 saturated heterocycles. The van der Waals surface area contributed by atoms with E-state index in [0.717, 1.165) is 6.42 Å². The Morgan fingerprint density at radius 3 is 2.72 bits per heavy atom. The maximum Gasteiger partial charge on any atom is 0.356 e. The van der Waals surface area contributed by atoms with E-state index in [0.29, 0.717) is 17.8 Å². The van der Waals surface area contributed by atoms with Crippen LogP contribution in [-0.2, 0) is 0 Å². The van der Waals surface area contributed by atoms with Crippen LogP contribution in [0.5, 0.6) is 0 Å². The van der Waals surface area contributed by atoms with E-state index >= 15 is 0 Å². The Morgan fingerprint density at radius 2 is 2.06 bits per heavy atom. The van der Waals surface area contributed by atoms with Crippen LogP contribution in [0.15, 0.2) is 12.1 Å². The normalized spacial score (nSPS) is 24.3. The van der Waals surface area contributed by atoms with Gasteiger partial charge in [-0.15, -0.1) is 10.2 Å². The van der Waals surface area contributed by atoms with Crippen molar-refractivity contribution in [2.45, 2.75) is 45.1 Å². The molecule has 0 aromatic carbocycles. The summed E-state index contributed by atoms with van der Waals surface area (Å²) in [5.41, 5.74) is -0.0190. The highest BCUT2D eigenvalue weighted by Crippen LogP contribution is 2.25. The fourth-order valence-electron chi connectivity index (χ4n) is 2.42. The quantitative estimate of drug-likeness (QED) is 0.805. The first-order valence-corrected chi connectivity index (χ1v) is 6.50. The van der Waals surface area contributed by atoms with E-state index in [1.807, 2.05) is 0 Å². The van der Waals surface area contributed by atoms with Crippen LogP contribution in [0.25, 0.3) is 0 Å². The number of anilines is 1. The Hall–Kier alpha value is -1.65. The monoisotopic (exact) mass is 249 g/mol. The number of hydrogen-bond acceptors (Lipinski definition) is 4. The van der Waals surface area contributed by atoms with Gasteiger partial charge in [-0.3, -0.25) is 0 Å². The molecule has 98 valence electrons. The van der Waals surface area contributed by atoms with Crippen LogP contribution in [0.1, 0.15) is 49.5 Å². The molecule has 0 aliphatic heterocycles. The van der Waals surface area contributed by atoms with Gasteiger partial charge in [-0.25, -0.2) is 4.79 Å². The summed E-state index contributed by atoms with van der Waals surface area (Å²) >= 11 is 0. The Morgan fingerprint density at radius 1 is 1.28 bits per heavy atom. The molecule has 0 amide bonds. The van der Waals surface area contributed by atoms with Gasteiger partial charge in [0.15, 0.2) is 5.69 Å². The Kier molecular flexibility index (Phi) is 4.12. The Labute approximate surface area is 107 Å². The lowest BCUT2D eigenvalue weighted by atomic mass is 9.97. The maximum absolute atomic E-state index is 10.7. The molecule has 1 saturated carbocycles. The number of aromatic carboxylic acids is 1. The molecule has 1 heterocycles. The molecule has 0 bridgehead atoms. The van der Waals surface area contributed by atoms with Crippen LogP contribution in [0, 0.1) is 5.92 Å². The zero-order valence-electron chi connectivity index (χ0n) is 10.6. The summed E-state index contributed by atoms with van der Waals surface area (Å²) in [5.74, 6) is 0.240. The van der Waals surface area contributed by atoms with Crippen LogP contribution in [0.2, 0.25) is 0 Å². The maximum atomic E-state index is 10.7. The van der Waals surface area contributed by atoms with Crippen LogP contribution >= 0.6 is 0 Å². The molecule has 1 fully saturated rings. The average molecular weight is 249 g/mol. The molecule has 5 heteroatoms. The van der Waals surface area contributed by atoms with Gasteiger partial charge in [-0.2, -0.15) is 0 Å². The lowest BCUT2D eigenvalue weighted by Gasteiger charge is -2.22. The smallest absolute Gasteiger partial charge is 0.356 e. The summed E-state index contributed by atoms with van der Waals surface area (Å²) in [6, 6.07) is 3.59. The Bertz CT molecular complexity index is 405. The van der Waals surface area contributed by atoms with Crippen LogP contribution in [0.4, 0.5) is 5.82 Å². The third-order valence-electron chi connectivity index (χ3n) is 3.58. The summed E-state index contributed by atoms with van der Waals surface area (Å²) in [6.07, 6.45) is 6.21. The summed E-state index contributed by atoms with van der Waals surface area (Å²) in [7, 11) is 0. The van der Waals surface area contributed by atoms with Crippen LogP contribution in [0.3, 0.4) is 0 Å². The molecule has 5 nitrogen and oxygen atoms in total. The Balaban J connectivity index is 2.01. The highest BCUT2D eigenvalue weighted by Gasteiger charge is 2.20. The molecule has 1 aliphatic carbocycles. The van der Waals surface area contributed by atoms with Gasteiger partial charge >= 0.3 is 5.97 Å². The van der Waals surface area contributed by atoms with Crippen LogP contribution in [-0.4, -0.2) is 27.3 Å². The number of rotatable bonds is 3. The minimum absolute atomic E-state index is 0.0190. The molecule has 1 aliphatic rings. The second-order valence-corrected chi connectivity index (χ2v) is 4.98. The fourth-order valence-corrected chi connectivity index (χ4v) is 2.42. The van der Waals surface area contributed by atoms with Crippen LogP contribution < -0.4 is 5.32 Å². The first-order valence-electron chi connectivity index (χ1n) is 6.50. The molecular formula is C13H19N3O2. The number of hydrogen-bond donors (Lipinski definition) is 2. The minimum Gasteiger partial charge on any atom is -0.476 e. The average Bonchev–Trinajstić information content (AvgIpc) is 2.56. The third kappa shape index (κ3) is 3.18. The molecule has 2 N–H and O–H groups in total. The first-order chi connectivity index (χ1) is 8.66. The number of nitrogens with one attached hydrogen (secondary N) is 1. The second-order valence-electron chi connectivity index (χ2n) is 4.98. The zero-order valence-corrected chi connectivity index (χ0v) is 10.6. The van der Waals surface area contributed by atoms with Gasteiger partial charge in [0.1, 0.15) is 5.82 Å². The molecule has 1 aromatic rings. The summed E-state index contributed by atoms with van der Waals surface area (Å²) in [4.78, 5) is 10.7. The van der Waals surface area contributed by atoms with E-state index in [1.165, 1.54) is 31.7 Å². The van der Waals surface area contributed by atoms with E-state index in [4.69, 9.17) is 5.11 Å². The van der Waals surface area contributed by atoms with E-state index in [-0.39, 0.29) is 5.69 Å². The number of carboxylic acid groups (broad SMARTS) is 1. The van der Waals surface area contributed by atoms with Crippen molar-refractivity contribution in [3.05, 3.63) is 17.8 Å². The minimum atomic E-state index is -1.04. The van der Waals surface area contributed by atoms with Gasteiger partial charge in [-0.1, -0.05) is 26.2 Å². The van der Waals surface area contributed by atoms with E-state index < -0.39 is 5.97 Å². The zero-order chi connectivity index (χ0) is 13.0. The van der Waals surface area contributed by atoms with Gasteiger partial charge in [0, 0.05) is 6.04 Å². The highest BCUT2D eigenvalue weighted by molar-refractivity contribution is 5.85. The van der Waals surface area contributed by atoms with Gasteiger partial charge in [-0.05, 0) is 30.9 Å². The molecule has 0 spiro atoms. The molecule has 0 radical (unpaired) electrons. The molecule has 2 rings (SSSR count). The van der Waals surface area contributed by atoms with E-state index in [1.54, 1.807) is 6.07 Å². The number of nitrogens with zero attached hydrogens (tertiary/aromatic N) is 2. The molecule has 1 aromatic heterocycles. The predicted molar refractivity (Wildman–Crippen MR) is 68.7 cm³/mol. The molecular weight excluding hydrogens is 230 g/mol. The molecule has 2 atom stereocenters. The van der Waals surface area contributed by atoms with Crippen molar-refractivity contribution in [3.63, 3.8) is 0 Å². The van der Waals surface area contributed by atoms with Crippen molar-refractivity contribution in [1.29, 1.82) is 0 Å². The van der Waals surface area contributed by atoms with Crippen molar-refractivity contribution in [1.82, 2.24) is 10.2 Å². The van der Waals surface area contributed by atoms with Gasteiger partial charge in [0.2, 0.25) is 0 Å². The summed E-state index contributed by atoms with van der Waals surface area (Å²) in [6.45, 7) is 2.25. The highest BCUT2D eigenvalue weighted by atomic mass is 16.4. The van der Waals surface area contributed by atoms with Crippen molar-refractivity contribution in [3.8, 4) is 0 Å². The largest absolute Gasteiger partial charge is 0.476 e. The third-order valence-corrected chi connectivity index (χ3v) is 3.58. The molecule has 2 unspecified atom stereocenters. The van der Waals surface area contributed by atoms with Gasteiger partial charge in [0.25, 0.3) is 0 Å². The van der Waals surface area contributed by atoms with E-state index in [2.05, 4.69) is 22.4 Å². The van der Waals surface area contributed by atoms with Crippen molar-refractivity contribution in [2.75, 3.05) is 5.32 Å². The fraction of sp³-hybridized carbons (Fsp3) is 0.615. The van der Waals surface area contributed by atoms with Crippen molar-refractivity contribution >= 4 is 11.8 Å². The lowest BCUT2D eigenvalue weighted by molar-refractivity contribution is 0.0689.